The average Bonchev–Trinajstić information content (AvgIpc) is 2.63. The van der Waals surface area contributed by atoms with E-state index >= 15 is 0 Å². The number of nitrogens with zero attached hydrogens (tertiary/aromatic N) is 3. The number of ether oxygens (including phenoxy) is 1. The number of aromatic nitrogens is 3. The standard InChI is InChI=1S/C9H17N5O2/c1-2-16-5-3-4-11-8(15)6-14-7-12-9(10)13-14/h7H,2-6H2,1H3,(H2,10,13)(H,11,15). The molecule has 1 rings (SSSR count). The number of nitrogens with one attached hydrogen (secondary N) is 1. The molecule has 0 radical (unpaired) electrons. The Morgan fingerprint density at radius 2 is 2.50 bits per heavy atom. The molecule has 0 aliphatic carbocycles. The zero-order valence-electron chi connectivity index (χ0n) is 9.35. The maximum atomic E-state index is 11.4. The van der Waals surface area contributed by atoms with Gasteiger partial charge in [0.25, 0.3) is 0 Å². The summed E-state index contributed by atoms with van der Waals surface area (Å²) in [6, 6.07) is 0. The Bertz CT molecular complexity index is 325. The molecule has 0 fully saturated rings. The number of nitrogens with two attached hydrogens (primary N) is 1. The van der Waals surface area contributed by atoms with Crippen molar-refractivity contribution in [2.24, 2.45) is 0 Å². The predicted molar refractivity (Wildman–Crippen MR) is 58.6 cm³/mol. The summed E-state index contributed by atoms with van der Waals surface area (Å²) in [5.41, 5.74) is 5.32. The minimum Gasteiger partial charge on any atom is -0.382 e. The fourth-order valence-electron chi connectivity index (χ4n) is 1.13. The molecule has 7 nitrogen and oxygen atoms in total. The Balaban J connectivity index is 2.11. The summed E-state index contributed by atoms with van der Waals surface area (Å²) >= 11 is 0. The first-order valence-electron chi connectivity index (χ1n) is 5.21. The number of rotatable bonds is 7. The van der Waals surface area contributed by atoms with Crippen molar-refractivity contribution in [3.63, 3.8) is 0 Å². The zero-order chi connectivity index (χ0) is 11.8. The van der Waals surface area contributed by atoms with Crippen LogP contribution in [-0.2, 0) is 16.1 Å². The summed E-state index contributed by atoms with van der Waals surface area (Å²) in [5.74, 6) is 0.0607. The third kappa shape index (κ3) is 4.74. The number of hydrogen-bond acceptors (Lipinski definition) is 5. The second kappa shape index (κ2) is 6.78. The highest BCUT2D eigenvalue weighted by Crippen LogP contribution is 1.89. The fraction of sp³-hybridized carbons (Fsp3) is 0.667. The van der Waals surface area contributed by atoms with Crippen LogP contribution in [0.3, 0.4) is 0 Å². The molecule has 0 atom stereocenters. The Morgan fingerprint density at radius 1 is 1.69 bits per heavy atom. The number of amides is 1. The van der Waals surface area contributed by atoms with E-state index in [2.05, 4.69) is 15.4 Å². The summed E-state index contributed by atoms with van der Waals surface area (Å²) < 4.78 is 6.54. The molecule has 1 aromatic rings. The van der Waals surface area contributed by atoms with Crippen molar-refractivity contribution in [2.45, 2.75) is 19.9 Å². The van der Waals surface area contributed by atoms with Crippen LogP contribution in [0.4, 0.5) is 5.95 Å². The molecule has 1 heterocycles. The van der Waals surface area contributed by atoms with Crippen molar-refractivity contribution in [1.82, 2.24) is 20.1 Å². The van der Waals surface area contributed by atoms with Crippen LogP contribution >= 0.6 is 0 Å². The lowest BCUT2D eigenvalue weighted by molar-refractivity contribution is -0.121. The van der Waals surface area contributed by atoms with Crippen LogP contribution in [0, 0.1) is 0 Å². The molecule has 0 saturated carbocycles. The van der Waals surface area contributed by atoms with Gasteiger partial charge in [0.05, 0.1) is 0 Å². The fourth-order valence-corrected chi connectivity index (χ4v) is 1.13. The second-order valence-corrected chi connectivity index (χ2v) is 3.20. The Morgan fingerprint density at radius 3 is 3.12 bits per heavy atom. The number of hydrogen-bond donors (Lipinski definition) is 2. The molecule has 0 saturated heterocycles. The molecule has 7 heteroatoms. The topological polar surface area (TPSA) is 95.1 Å². The lowest BCUT2D eigenvalue weighted by Crippen LogP contribution is -2.29. The van der Waals surface area contributed by atoms with E-state index in [4.69, 9.17) is 10.5 Å². The van der Waals surface area contributed by atoms with Crippen LogP contribution < -0.4 is 11.1 Å². The van der Waals surface area contributed by atoms with E-state index in [9.17, 15) is 4.79 Å². The van der Waals surface area contributed by atoms with Gasteiger partial charge in [-0.05, 0) is 13.3 Å². The van der Waals surface area contributed by atoms with Crippen LogP contribution in [0.15, 0.2) is 6.33 Å². The van der Waals surface area contributed by atoms with Crippen LogP contribution in [0.2, 0.25) is 0 Å². The average molecular weight is 227 g/mol. The first-order chi connectivity index (χ1) is 7.72. The highest BCUT2D eigenvalue weighted by Gasteiger charge is 2.03. The van der Waals surface area contributed by atoms with Gasteiger partial charge in [0, 0.05) is 19.8 Å². The third-order valence-electron chi connectivity index (χ3n) is 1.85. The van der Waals surface area contributed by atoms with Crippen molar-refractivity contribution in [3.8, 4) is 0 Å². The van der Waals surface area contributed by atoms with E-state index in [1.54, 1.807) is 0 Å². The maximum absolute atomic E-state index is 11.4. The summed E-state index contributed by atoms with van der Waals surface area (Å²) in [6.45, 7) is 4.04. The van der Waals surface area contributed by atoms with Crippen LogP contribution in [0.5, 0.6) is 0 Å². The number of nitrogen functional groups attached to an aromatic ring is 1. The van der Waals surface area contributed by atoms with Crippen LogP contribution in [-0.4, -0.2) is 40.4 Å². The minimum atomic E-state index is -0.110. The van der Waals surface area contributed by atoms with Gasteiger partial charge in [0.1, 0.15) is 12.9 Å². The number of carbonyl (C=O) groups is 1. The van der Waals surface area contributed by atoms with Gasteiger partial charge >= 0.3 is 0 Å². The molecular formula is C9H17N5O2. The van der Waals surface area contributed by atoms with Gasteiger partial charge in [-0.15, -0.1) is 5.10 Å². The second-order valence-electron chi connectivity index (χ2n) is 3.20. The Kier molecular flexibility index (Phi) is 5.27. The van der Waals surface area contributed by atoms with Gasteiger partial charge in [0.15, 0.2) is 0 Å². The van der Waals surface area contributed by atoms with E-state index < -0.39 is 0 Å². The summed E-state index contributed by atoms with van der Waals surface area (Å²) in [4.78, 5) is 15.1. The van der Waals surface area contributed by atoms with E-state index in [0.29, 0.717) is 19.8 Å². The van der Waals surface area contributed by atoms with Crippen molar-refractivity contribution in [2.75, 3.05) is 25.5 Å². The van der Waals surface area contributed by atoms with Gasteiger partial charge in [0.2, 0.25) is 11.9 Å². The van der Waals surface area contributed by atoms with Gasteiger partial charge in [-0.2, -0.15) is 0 Å². The van der Waals surface area contributed by atoms with Gasteiger partial charge in [-0.1, -0.05) is 0 Å². The maximum Gasteiger partial charge on any atom is 0.241 e. The van der Waals surface area contributed by atoms with Crippen molar-refractivity contribution in [1.29, 1.82) is 0 Å². The van der Waals surface area contributed by atoms with Gasteiger partial charge < -0.3 is 15.8 Å². The van der Waals surface area contributed by atoms with Gasteiger partial charge in [-0.25, -0.2) is 9.67 Å². The molecule has 16 heavy (non-hydrogen) atoms. The van der Waals surface area contributed by atoms with Crippen LogP contribution in [0.1, 0.15) is 13.3 Å². The first-order valence-corrected chi connectivity index (χ1v) is 5.21. The molecule has 0 aromatic carbocycles. The quantitative estimate of drug-likeness (QED) is 0.607. The smallest absolute Gasteiger partial charge is 0.241 e. The lowest BCUT2D eigenvalue weighted by Gasteiger charge is -2.04. The number of carbonyl (C=O) groups excluding carboxylic acids is 1. The zero-order valence-corrected chi connectivity index (χ0v) is 9.35. The highest BCUT2D eigenvalue weighted by atomic mass is 16.5. The largest absolute Gasteiger partial charge is 0.382 e. The van der Waals surface area contributed by atoms with Crippen molar-refractivity contribution >= 4 is 11.9 Å². The minimum absolute atomic E-state index is 0.110. The van der Waals surface area contributed by atoms with Crippen molar-refractivity contribution < 1.29 is 9.53 Å². The van der Waals surface area contributed by atoms with E-state index in [1.165, 1.54) is 11.0 Å². The Hall–Kier alpha value is -1.63. The summed E-state index contributed by atoms with van der Waals surface area (Å²) in [6.07, 6.45) is 2.23. The SMILES string of the molecule is CCOCCCNC(=O)Cn1cnc(N)n1. The van der Waals surface area contributed by atoms with Gasteiger partial charge in [-0.3, -0.25) is 4.79 Å². The number of anilines is 1. The Labute approximate surface area is 94.0 Å². The molecule has 1 aromatic heterocycles. The monoisotopic (exact) mass is 227 g/mol. The summed E-state index contributed by atoms with van der Waals surface area (Å²) in [7, 11) is 0. The van der Waals surface area contributed by atoms with E-state index in [-0.39, 0.29) is 18.4 Å². The van der Waals surface area contributed by atoms with E-state index in [1.807, 2.05) is 6.92 Å². The molecule has 1 amide bonds. The lowest BCUT2D eigenvalue weighted by atomic mass is 10.4. The van der Waals surface area contributed by atoms with E-state index in [0.717, 1.165) is 6.42 Å². The van der Waals surface area contributed by atoms with Crippen LogP contribution in [0.25, 0.3) is 0 Å². The summed E-state index contributed by atoms with van der Waals surface area (Å²) in [5, 5.41) is 6.56. The highest BCUT2D eigenvalue weighted by molar-refractivity contribution is 5.75. The molecule has 0 spiro atoms. The first kappa shape index (κ1) is 12.4. The molecular weight excluding hydrogens is 210 g/mol. The molecule has 3 N–H and O–H groups in total. The molecule has 0 aliphatic heterocycles. The molecule has 0 aliphatic rings. The molecule has 90 valence electrons. The molecule has 0 bridgehead atoms. The third-order valence-corrected chi connectivity index (χ3v) is 1.85. The molecule has 0 unspecified atom stereocenters. The predicted octanol–water partition coefficient (Wildman–Crippen LogP) is -0.597. The van der Waals surface area contributed by atoms with Crippen molar-refractivity contribution in [3.05, 3.63) is 6.33 Å². The normalized spacial score (nSPS) is 10.3.